The summed E-state index contributed by atoms with van der Waals surface area (Å²) in [5.74, 6) is 0.595. The number of amides is 1. The molecule has 1 N–H and O–H groups in total. The predicted molar refractivity (Wildman–Crippen MR) is 86.6 cm³/mol. The normalized spacial score (nSPS) is 10.6. The lowest BCUT2D eigenvalue weighted by atomic mass is 10.1. The number of benzene rings is 2. The molecule has 0 aliphatic carbocycles. The van der Waals surface area contributed by atoms with Crippen LogP contribution in [0, 0.1) is 0 Å². The number of fused-ring (bicyclic) bond motifs is 1. The lowest BCUT2D eigenvalue weighted by molar-refractivity contribution is -0.115. The van der Waals surface area contributed by atoms with Crippen molar-refractivity contribution in [3.63, 3.8) is 0 Å². The summed E-state index contributed by atoms with van der Waals surface area (Å²) in [5, 5.41) is 4.31. The molecule has 3 rings (SSSR count). The quantitative estimate of drug-likeness (QED) is 0.782. The molecular weight excluding hydrogens is 302 g/mol. The molecule has 1 heterocycles. The molecule has 0 saturated carbocycles. The lowest BCUT2D eigenvalue weighted by Gasteiger charge is -2.05. The number of methoxy groups -OCH3 is 1. The van der Waals surface area contributed by atoms with Gasteiger partial charge in [0.25, 0.3) is 0 Å². The van der Waals surface area contributed by atoms with Crippen LogP contribution in [-0.2, 0) is 11.2 Å². The second-order valence-electron chi connectivity index (χ2n) is 4.86. The summed E-state index contributed by atoms with van der Waals surface area (Å²) in [5.41, 5.74) is 2.20. The summed E-state index contributed by atoms with van der Waals surface area (Å²) in [7, 11) is 1.60. The number of halogens is 1. The molecule has 22 heavy (non-hydrogen) atoms. The topological polar surface area (TPSA) is 51.5 Å². The van der Waals surface area contributed by atoms with Gasteiger partial charge in [-0.1, -0.05) is 17.7 Å². The molecular formula is C17H14ClNO3. The molecule has 1 amide bonds. The first-order valence-corrected chi connectivity index (χ1v) is 7.13. The number of nitrogens with one attached hydrogen (secondary N) is 1. The minimum atomic E-state index is -0.124. The lowest BCUT2D eigenvalue weighted by Crippen LogP contribution is -2.14. The Labute approximate surface area is 132 Å². The maximum Gasteiger partial charge on any atom is 0.228 e. The minimum absolute atomic E-state index is 0.124. The highest BCUT2D eigenvalue weighted by Gasteiger charge is 2.11. The van der Waals surface area contributed by atoms with Crippen molar-refractivity contribution >= 4 is 34.2 Å². The van der Waals surface area contributed by atoms with Crippen molar-refractivity contribution in [2.75, 3.05) is 12.4 Å². The van der Waals surface area contributed by atoms with Gasteiger partial charge >= 0.3 is 0 Å². The van der Waals surface area contributed by atoms with Gasteiger partial charge in [-0.05, 0) is 30.3 Å². The monoisotopic (exact) mass is 315 g/mol. The summed E-state index contributed by atoms with van der Waals surface area (Å²) in [6, 6.07) is 12.6. The van der Waals surface area contributed by atoms with Crippen LogP contribution in [0.4, 0.5) is 5.69 Å². The third kappa shape index (κ3) is 3.07. The molecule has 3 aromatic rings. The number of carbonyl (C=O) groups is 1. The van der Waals surface area contributed by atoms with Crippen LogP contribution in [0.5, 0.6) is 5.75 Å². The van der Waals surface area contributed by atoms with Crippen LogP contribution in [0.1, 0.15) is 5.56 Å². The zero-order valence-corrected chi connectivity index (χ0v) is 12.7. The number of rotatable bonds is 4. The minimum Gasteiger partial charge on any atom is -0.497 e. The van der Waals surface area contributed by atoms with Gasteiger partial charge in [-0.15, -0.1) is 0 Å². The van der Waals surface area contributed by atoms with Gasteiger partial charge in [-0.25, -0.2) is 0 Å². The van der Waals surface area contributed by atoms with Crippen molar-refractivity contribution in [3.8, 4) is 5.75 Å². The van der Waals surface area contributed by atoms with E-state index in [4.69, 9.17) is 20.8 Å². The fourth-order valence-electron chi connectivity index (χ4n) is 2.27. The average molecular weight is 316 g/mol. The van der Waals surface area contributed by atoms with E-state index < -0.39 is 0 Å². The fraction of sp³-hybridized carbons (Fsp3) is 0.118. The summed E-state index contributed by atoms with van der Waals surface area (Å²) < 4.78 is 10.6. The Balaban J connectivity index is 1.76. The second-order valence-corrected chi connectivity index (χ2v) is 5.29. The molecule has 0 atom stereocenters. The first-order chi connectivity index (χ1) is 10.7. The fourth-order valence-corrected chi connectivity index (χ4v) is 2.46. The van der Waals surface area contributed by atoms with Crippen molar-refractivity contribution in [1.29, 1.82) is 0 Å². The summed E-state index contributed by atoms with van der Waals surface area (Å²) in [4.78, 5) is 12.1. The maximum absolute atomic E-state index is 12.1. The Morgan fingerprint density at radius 2 is 2.14 bits per heavy atom. The van der Waals surface area contributed by atoms with Gasteiger partial charge in [0, 0.05) is 27.7 Å². The van der Waals surface area contributed by atoms with Crippen molar-refractivity contribution in [2.24, 2.45) is 0 Å². The van der Waals surface area contributed by atoms with Crippen LogP contribution in [0.25, 0.3) is 11.0 Å². The SMILES string of the molecule is COc1ccc2c(CC(=O)Nc3cccc(Cl)c3)coc2c1. The van der Waals surface area contributed by atoms with E-state index in [-0.39, 0.29) is 12.3 Å². The van der Waals surface area contributed by atoms with Crippen molar-refractivity contribution in [3.05, 3.63) is 59.3 Å². The molecule has 0 spiro atoms. The Hall–Kier alpha value is -2.46. The number of carbonyl (C=O) groups excluding carboxylic acids is 1. The van der Waals surface area contributed by atoms with Gasteiger partial charge in [0.1, 0.15) is 11.3 Å². The molecule has 112 valence electrons. The molecule has 0 unspecified atom stereocenters. The van der Waals surface area contributed by atoms with Crippen molar-refractivity contribution in [2.45, 2.75) is 6.42 Å². The number of ether oxygens (including phenoxy) is 1. The molecule has 2 aromatic carbocycles. The Bertz CT molecular complexity index is 826. The van der Waals surface area contributed by atoms with Gasteiger partial charge in [0.05, 0.1) is 19.8 Å². The molecule has 0 saturated heterocycles. The molecule has 0 bridgehead atoms. The number of furan rings is 1. The highest BCUT2D eigenvalue weighted by atomic mass is 35.5. The first-order valence-electron chi connectivity index (χ1n) is 6.75. The molecule has 0 aliphatic heterocycles. The van der Waals surface area contributed by atoms with E-state index in [0.717, 1.165) is 16.7 Å². The Morgan fingerprint density at radius 3 is 2.91 bits per heavy atom. The van der Waals surface area contributed by atoms with Crippen LogP contribution in [-0.4, -0.2) is 13.0 Å². The molecule has 1 aromatic heterocycles. The van der Waals surface area contributed by atoms with E-state index in [0.29, 0.717) is 16.3 Å². The molecule has 5 heteroatoms. The maximum atomic E-state index is 12.1. The predicted octanol–water partition coefficient (Wildman–Crippen LogP) is 4.28. The van der Waals surface area contributed by atoms with Crippen LogP contribution in [0.15, 0.2) is 53.1 Å². The molecule has 0 fully saturated rings. The third-order valence-electron chi connectivity index (χ3n) is 3.32. The standard InChI is InChI=1S/C17H14ClNO3/c1-21-14-5-6-15-11(10-22-16(15)9-14)7-17(20)19-13-4-2-3-12(18)8-13/h2-6,8-10H,7H2,1H3,(H,19,20). The average Bonchev–Trinajstić information content (AvgIpc) is 2.89. The smallest absolute Gasteiger partial charge is 0.228 e. The number of hydrogen-bond acceptors (Lipinski definition) is 3. The van der Waals surface area contributed by atoms with Crippen molar-refractivity contribution in [1.82, 2.24) is 0 Å². The first kappa shape index (κ1) is 14.5. The molecule has 4 nitrogen and oxygen atoms in total. The Morgan fingerprint density at radius 1 is 1.27 bits per heavy atom. The largest absolute Gasteiger partial charge is 0.497 e. The van der Waals surface area contributed by atoms with Crippen LogP contribution in [0.2, 0.25) is 5.02 Å². The third-order valence-corrected chi connectivity index (χ3v) is 3.56. The van der Waals surface area contributed by atoms with E-state index in [9.17, 15) is 4.79 Å². The zero-order valence-electron chi connectivity index (χ0n) is 11.9. The van der Waals surface area contributed by atoms with E-state index in [1.807, 2.05) is 12.1 Å². The van der Waals surface area contributed by atoms with E-state index in [1.165, 1.54) is 0 Å². The van der Waals surface area contributed by atoms with Crippen LogP contribution in [0.3, 0.4) is 0 Å². The molecule has 0 aliphatic rings. The Kier molecular flexibility index (Phi) is 4.02. The van der Waals surface area contributed by atoms with Gasteiger partial charge in [-0.2, -0.15) is 0 Å². The highest BCUT2D eigenvalue weighted by Crippen LogP contribution is 2.26. The number of anilines is 1. The summed E-state index contributed by atoms with van der Waals surface area (Å²) in [6.07, 6.45) is 1.83. The highest BCUT2D eigenvalue weighted by molar-refractivity contribution is 6.30. The summed E-state index contributed by atoms with van der Waals surface area (Å²) in [6.45, 7) is 0. The van der Waals surface area contributed by atoms with E-state index in [1.54, 1.807) is 43.7 Å². The number of hydrogen-bond donors (Lipinski definition) is 1. The van der Waals surface area contributed by atoms with E-state index >= 15 is 0 Å². The zero-order chi connectivity index (χ0) is 15.5. The van der Waals surface area contributed by atoms with Gasteiger partial charge in [-0.3, -0.25) is 4.79 Å². The van der Waals surface area contributed by atoms with Gasteiger partial charge < -0.3 is 14.5 Å². The van der Waals surface area contributed by atoms with E-state index in [2.05, 4.69) is 5.32 Å². The van der Waals surface area contributed by atoms with Crippen molar-refractivity contribution < 1.29 is 13.9 Å². The van der Waals surface area contributed by atoms with Crippen LogP contribution < -0.4 is 10.1 Å². The van der Waals surface area contributed by atoms with Gasteiger partial charge in [0.2, 0.25) is 5.91 Å². The molecule has 0 radical (unpaired) electrons. The van der Waals surface area contributed by atoms with Gasteiger partial charge in [0.15, 0.2) is 0 Å². The van der Waals surface area contributed by atoms with Crippen LogP contribution >= 0.6 is 11.6 Å². The second kappa shape index (κ2) is 6.12. The summed E-state index contributed by atoms with van der Waals surface area (Å²) >= 11 is 5.90.